The molecular weight excluding hydrogens is 314 g/mol. The molecule has 0 radical (unpaired) electrons. The molecule has 126 valence electrons. The molecule has 1 aromatic heterocycles. The number of pyridine rings is 1. The maximum Gasteiger partial charge on any atom is 0.323 e. The van der Waals surface area contributed by atoms with Crippen molar-refractivity contribution in [2.24, 2.45) is 0 Å². The number of aromatic nitrogens is 1. The summed E-state index contributed by atoms with van der Waals surface area (Å²) in [5.41, 5.74) is 3.39. The fourth-order valence-electron chi connectivity index (χ4n) is 2.30. The van der Waals surface area contributed by atoms with Crippen molar-refractivity contribution in [1.82, 2.24) is 4.98 Å². The Morgan fingerprint density at radius 3 is 2.28 bits per heavy atom. The second-order valence-corrected chi connectivity index (χ2v) is 5.65. The first kappa shape index (κ1) is 16.5. The summed E-state index contributed by atoms with van der Waals surface area (Å²) < 4.78 is 5.74. The lowest BCUT2D eigenvalue weighted by Crippen LogP contribution is -2.20. The molecular formula is C20H19N3O2. The maximum atomic E-state index is 12.1. The van der Waals surface area contributed by atoms with Gasteiger partial charge in [0, 0.05) is 11.8 Å². The molecule has 0 aliphatic carbocycles. The molecule has 0 saturated carbocycles. The van der Waals surface area contributed by atoms with Crippen molar-refractivity contribution in [3.05, 3.63) is 78.0 Å². The molecule has 3 aromatic rings. The summed E-state index contributed by atoms with van der Waals surface area (Å²) in [7, 11) is 0. The van der Waals surface area contributed by atoms with E-state index in [1.165, 1.54) is 0 Å². The summed E-state index contributed by atoms with van der Waals surface area (Å²) in [5, 5.41) is 5.56. The molecule has 0 bridgehead atoms. The van der Waals surface area contributed by atoms with Crippen LogP contribution in [0.1, 0.15) is 11.1 Å². The zero-order valence-electron chi connectivity index (χ0n) is 14.1. The van der Waals surface area contributed by atoms with Crippen LogP contribution >= 0.6 is 0 Å². The second kappa shape index (κ2) is 7.49. The monoisotopic (exact) mass is 333 g/mol. The maximum absolute atomic E-state index is 12.1. The highest BCUT2D eigenvalue weighted by molar-refractivity contribution is 6.00. The van der Waals surface area contributed by atoms with E-state index in [2.05, 4.69) is 15.6 Å². The van der Waals surface area contributed by atoms with Crippen molar-refractivity contribution in [3.63, 3.8) is 0 Å². The number of aryl methyl sites for hydroxylation is 2. The van der Waals surface area contributed by atoms with Gasteiger partial charge in [0.05, 0.1) is 11.9 Å². The molecule has 25 heavy (non-hydrogen) atoms. The molecule has 2 aromatic carbocycles. The lowest BCUT2D eigenvalue weighted by atomic mass is 10.2. The third-order valence-electron chi connectivity index (χ3n) is 3.70. The van der Waals surface area contributed by atoms with Crippen LogP contribution < -0.4 is 15.4 Å². The summed E-state index contributed by atoms with van der Waals surface area (Å²) in [5.74, 6) is 1.23. The zero-order chi connectivity index (χ0) is 17.6. The van der Waals surface area contributed by atoms with E-state index in [4.69, 9.17) is 4.74 Å². The third-order valence-corrected chi connectivity index (χ3v) is 3.70. The Kier molecular flexibility index (Phi) is 4.95. The van der Waals surface area contributed by atoms with Crippen LogP contribution in [0, 0.1) is 13.8 Å². The van der Waals surface area contributed by atoms with Gasteiger partial charge in [0.25, 0.3) is 0 Å². The molecule has 2 amide bonds. The highest BCUT2D eigenvalue weighted by Crippen LogP contribution is 2.23. The highest BCUT2D eigenvalue weighted by Gasteiger charge is 2.06. The van der Waals surface area contributed by atoms with Gasteiger partial charge >= 0.3 is 6.03 Å². The SMILES string of the molecule is Cc1ccccc1NC(=O)Nc1ccc(Oc2ccccc2C)nc1. The number of amides is 2. The van der Waals surface area contributed by atoms with Crippen LogP contribution in [-0.4, -0.2) is 11.0 Å². The standard InChI is InChI=1S/C20H19N3O2/c1-14-7-3-5-9-17(14)23-20(24)22-16-11-12-19(21-13-16)25-18-10-6-4-8-15(18)2/h3-13H,1-2H3,(H2,22,23,24). The van der Waals surface area contributed by atoms with E-state index >= 15 is 0 Å². The number of benzene rings is 2. The van der Waals surface area contributed by atoms with E-state index < -0.39 is 0 Å². The number of carbonyl (C=O) groups is 1. The molecule has 0 unspecified atom stereocenters. The molecule has 0 atom stereocenters. The molecule has 0 aliphatic rings. The number of nitrogens with zero attached hydrogens (tertiary/aromatic N) is 1. The molecule has 0 fully saturated rings. The first-order chi connectivity index (χ1) is 12.1. The highest BCUT2D eigenvalue weighted by atomic mass is 16.5. The lowest BCUT2D eigenvalue weighted by molar-refractivity contribution is 0.262. The van der Waals surface area contributed by atoms with Gasteiger partial charge in [-0.05, 0) is 43.2 Å². The molecule has 0 aliphatic heterocycles. The van der Waals surface area contributed by atoms with E-state index in [-0.39, 0.29) is 6.03 Å². The van der Waals surface area contributed by atoms with E-state index in [1.807, 2.05) is 62.4 Å². The summed E-state index contributed by atoms with van der Waals surface area (Å²) >= 11 is 0. The van der Waals surface area contributed by atoms with Gasteiger partial charge in [-0.3, -0.25) is 0 Å². The van der Waals surface area contributed by atoms with Gasteiger partial charge in [-0.2, -0.15) is 0 Å². The van der Waals surface area contributed by atoms with E-state index in [0.29, 0.717) is 11.6 Å². The van der Waals surface area contributed by atoms with Crippen LogP contribution in [0.3, 0.4) is 0 Å². The van der Waals surface area contributed by atoms with Crippen LogP contribution in [0.5, 0.6) is 11.6 Å². The topological polar surface area (TPSA) is 63.2 Å². The van der Waals surface area contributed by atoms with Crippen LogP contribution in [-0.2, 0) is 0 Å². The molecule has 1 heterocycles. The normalized spacial score (nSPS) is 10.2. The second-order valence-electron chi connectivity index (χ2n) is 5.65. The van der Waals surface area contributed by atoms with E-state index in [9.17, 15) is 4.79 Å². The Morgan fingerprint density at radius 2 is 1.60 bits per heavy atom. The molecule has 0 spiro atoms. The number of carbonyl (C=O) groups excluding carboxylic acids is 1. The molecule has 5 nitrogen and oxygen atoms in total. The lowest BCUT2D eigenvalue weighted by Gasteiger charge is -2.10. The van der Waals surface area contributed by atoms with Crippen molar-refractivity contribution in [2.75, 3.05) is 10.6 Å². The summed E-state index contributed by atoms with van der Waals surface area (Å²) in [6.45, 7) is 3.91. The minimum atomic E-state index is -0.316. The summed E-state index contributed by atoms with van der Waals surface area (Å²) in [4.78, 5) is 16.3. The molecule has 0 saturated heterocycles. The zero-order valence-corrected chi connectivity index (χ0v) is 14.1. The third kappa shape index (κ3) is 4.35. The van der Waals surface area contributed by atoms with Crippen LogP contribution in [0.25, 0.3) is 0 Å². The number of hydrogen-bond acceptors (Lipinski definition) is 3. The smallest absolute Gasteiger partial charge is 0.323 e. The number of para-hydroxylation sites is 2. The largest absolute Gasteiger partial charge is 0.439 e. The number of hydrogen-bond donors (Lipinski definition) is 2. The fourth-order valence-corrected chi connectivity index (χ4v) is 2.30. The van der Waals surface area contributed by atoms with Gasteiger partial charge in [0.1, 0.15) is 5.75 Å². The number of rotatable bonds is 4. The van der Waals surface area contributed by atoms with Crippen molar-refractivity contribution in [1.29, 1.82) is 0 Å². The van der Waals surface area contributed by atoms with Crippen LogP contribution in [0.15, 0.2) is 66.9 Å². The first-order valence-electron chi connectivity index (χ1n) is 7.95. The number of urea groups is 1. The average molecular weight is 333 g/mol. The minimum absolute atomic E-state index is 0.316. The quantitative estimate of drug-likeness (QED) is 0.695. The van der Waals surface area contributed by atoms with Gasteiger partial charge < -0.3 is 15.4 Å². The Hall–Kier alpha value is -3.34. The molecule has 3 rings (SSSR count). The van der Waals surface area contributed by atoms with Crippen molar-refractivity contribution in [2.45, 2.75) is 13.8 Å². The van der Waals surface area contributed by atoms with Crippen molar-refractivity contribution >= 4 is 17.4 Å². The van der Waals surface area contributed by atoms with Crippen LogP contribution in [0.4, 0.5) is 16.2 Å². The number of nitrogens with one attached hydrogen (secondary N) is 2. The molecule has 2 N–H and O–H groups in total. The summed E-state index contributed by atoms with van der Waals surface area (Å²) in [6.07, 6.45) is 1.56. The van der Waals surface area contributed by atoms with Gasteiger partial charge in [-0.1, -0.05) is 36.4 Å². The number of anilines is 2. The predicted molar refractivity (Wildman–Crippen MR) is 99.3 cm³/mol. The summed E-state index contributed by atoms with van der Waals surface area (Å²) in [6, 6.07) is 18.5. The predicted octanol–water partition coefficient (Wildman–Crippen LogP) is 5.13. The Morgan fingerprint density at radius 1 is 0.880 bits per heavy atom. The Balaban J connectivity index is 1.62. The average Bonchev–Trinajstić information content (AvgIpc) is 2.61. The van der Waals surface area contributed by atoms with Crippen molar-refractivity contribution < 1.29 is 9.53 Å². The van der Waals surface area contributed by atoms with Crippen molar-refractivity contribution in [3.8, 4) is 11.6 Å². The minimum Gasteiger partial charge on any atom is -0.439 e. The first-order valence-corrected chi connectivity index (χ1v) is 7.95. The van der Waals surface area contributed by atoms with Gasteiger partial charge in [-0.25, -0.2) is 9.78 Å². The van der Waals surface area contributed by atoms with Gasteiger partial charge in [-0.15, -0.1) is 0 Å². The number of ether oxygens (including phenoxy) is 1. The Labute approximate surface area is 146 Å². The van der Waals surface area contributed by atoms with E-state index in [0.717, 1.165) is 22.6 Å². The van der Waals surface area contributed by atoms with Crippen LogP contribution in [0.2, 0.25) is 0 Å². The fraction of sp³-hybridized carbons (Fsp3) is 0.100. The van der Waals surface area contributed by atoms with E-state index in [1.54, 1.807) is 18.3 Å². The molecule has 5 heteroatoms. The van der Waals surface area contributed by atoms with Gasteiger partial charge in [0.15, 0.2) is 0 Å². The van der Waals surface area contributed by atoms with Gasteiger partial charge in [0.2, 0.25) is 5.88 Å². The Bertz CT molecular complexity index is 876.